The summed E-state index contributed by atoms with van der Waals surface area (Å²) >= 11 is 0. The molecule has 1 fully saturated rings. The van der Waals surface area contributed by atoms with Crippen LogP contribution in [0, 0.1) is 0 Å². The highest BCUT2D eigenvalue weighted by atomic mass is 32.2. The Morgan fingerprint density at radius 2 is 1.88 bits per heavy atom. The SMILES string of the molecule is CC(N)CC1CCCCCN1S(=O)(=O)C(C)C. The monoisotopic (exact) mass is 262 g/mol. The van der Waals surface area contributed by atoms with Gasteiger partial charge in [0.2, 0.25) is 10.0 Å². The summed E-state index contributed by atoms with van der Waals surface area (Å²) in [6.45, 7) is 6.12. The van der Waals surface area contributed by atoms with Crippen LogP contribution in [0.3, 0.4) is 0 Å². The van der Waals surface area contributed by atoms with E-state index >= 15 is 0 Å². The summed E-state index contributed by atoms with van der Waals surface area (Å²) in [4.78, 5) is 0. The van der Waals surface area contributed by atoms with Gasteiger partial charge in [-0.2, -0.15) is 4.31 Å². The van der Waals surface area contributed by atoms with E-state index < -0.39 is 10.0 Å². The van der Waals surface area contributed by atoms with E-state index in [1.807, 2.05) is 6.92 Å². The zero-order chi connectivity index (χ0) is 13.1. The van der Waals surface area contributed by atoms with Gasteiger partial charge in [-0.15, -0.1) is 0 Å². The standard InChI is InChI=1S/C12H26N2O2S/c1-10(2)17(15,16)14-8-6-4-5-7-12(14)9-11(3)13/h10-12H,4-9,13H2,1-3H3. The van der Waals surface area contributed by atoms with E-state index in [1.165, 1.54) is 0 Å². The summed E-state index contributed by atoms with van der Waals surface area (Å²) in [5.41, 5.74) is 5.83. The molecule has 5 heteroatoms. The molecular weight excluding hydrogens is 236 g/mol. The van der Waals surface area contributed by atoms with Gasteiger partial charge in [-0.1, -0.05) is 12.8 Å². The summed E-state index contributed by atoms with van der Waals surface area (Å²) in [7, 11) is -3.14. The molecule has 0 spiro atoms. The van der Waals surface area contributed by atoms with Crippen molar-refractivity contribution in [2.75, 3.05) is 6.54 Å². The van der Waals surface area contributed by atoms with E-state index in [4.69, 9.17) is 5.73 Å². The lowest BCUT2D eigenvalue weighted by molar-refractivity contribution is 0.293. The summed E-state index contributed by atoms with van der Waals surface area (Å²) in [6.07, 6.45) is 4.93. The van der Waals surface area contributed by atoms with Crippen LogP contribution in [0.1, 0.15) is 52.9 Å². The molecule has 2 unspecified atom stereocenters. The molecule has 4 nitrogen and oxygen atoms in total. The lowest BCUT2D eigenvalue weighted by Crippen LogP contribution is -2.45. The Labute approximate surface area is 106 Å². The van der Waals surface area contributed by atoms with Crippen LogP contribution in [0.2, 0.25) is 0 Å². The van der Waals surface area contributed by atoms with Crippen LogP contribution in [0.5, 0.6) is 0 Å². The first-order valence-electron chi connectivity index (χ1n) is 6.62. The number of hydrogen-bond acceptors (Lipinski definition) is 3. The van der Waals surface area contributed by atoms with Gasteiger partial charge in [0.1, 0.15) is 0 Å². The van der Waals surface area contributed by atoms with Crippen LogP contribution >= 0.6 is 0 Å². The second kappa shape index (κ2) is 6.16. The van der Waals surface area contributed by atoms with Gasteiger partial charge in [0, 0.05) is 18.6 Å². The van der Waals surface area contributed by atoms with Crippen molar-refractivity contribution in [2.24, 2.45) is 5.73 Å². The first kappa shape index (κ1) is 14.9. The van der Waals surface area contributed by atoms with Crippen molar-refractivity contribution in [1.82, 2.24) is 4.31 Å². The van der Waals surface area contributed by atoms with Crippen molar-refractivity contribution in [3.8, 4) is 0 Å². The Balaban J connectivity index is 2.89. The van der Waals surface area contributed by atoms with Gasteiger partial charge in [-0.3, -0.25) is 0 Å². The van der Waals surface area contributed by atoms with Crippen molar-refractivity contribution in [3.63, 3.8) is 0 Å². The average molecular weight is 262 g/mol. The van der Waals surface area contributed by atoms with E-state index in [1.54, 1.807) is 18.2 Å². The van der Waals surface area contributed by atoms with Crippen molar-refractivity contribution < 1.29 is 8.42 Å². The second-order valence-electron chi connectivity index (χ2n) is 5.42. The molecule has 1 heterocycles. The minimum atomic E-state index is -3.14. The molecule has 17 heavy (non-hydrogen) atoms. The molecule has 0 bridgehead atoms. The molecule has 0 radical (unpaired) electrons. The molecule has 1 saturated heterocycles. The third-order valence-corrected chi connectivity index (χ3v) is 5.72. The predicted octanol–water partition coefficient (Wildman–Crippen LogP) is 1.71. The molecule has 0 aromatic carbocycles. The van der Waals surface area contributed by atoms with Crippen LogP contribution in [-0.2, 0) is 10.0 Å². The Bertz CT molecular complexity index is 325. The van der Waals surface area contributed by atoms with Gasteiger partial charge in [0.15, 0.2) is 0 Å². The molecule has 0 aromatic rings. The quantitative estimate of drug-likeness (QED) is 0.839. The van der Waals surface area contributed by atoms with Gasteiger partial charge >= 0.3 is 0 Å². The third kappa shape index (κ3) is 3.93. The summed E-state index contributed by atoms with van der Waals surface area (Å²) in [6, 6.07) is 0.160. The molecule has 0 aromatic heterocycles. The molecule has 0 aliphatic carbocycles. The lowest BCUT2D eigenvalue weighted by atomic mass is 10.0. The summed E-state index contributed by atoms with van der Waals surface area (Å²) in [5, 5.41) is -0.337. The van der Waals surface area contributed by atoms with Crippen LogP contribution in [-0.4, -0.2) is 36.6 Å². The zero-order valence-electron chi connectivity index (χ0n) is 11.2. The summed E-state index contributed by atoms with van der Waals surface area (Å²) in [5.74, 6) is 0. The molecule has 2 atom stereocenters. The van der Waals surface area contributed by atoms with E-state index in [9.17, 15) is 8.42 Å². The molecule has 0 saturated carbocycles. The highest BCUT2D eigenvalue weighted by Gasteiger charge is 2.33. The Kier molecular flexibility index (Phi) is 5.41. The number of nitrogens with two attached hydrogens (primary N) is 1. The maximum absolute atomic E-state index is 12.3. The normalized spacial score (nSPS) is 25.8. The van der Waals surface area contributed by atoms with Crippen LogP contribution < -0.4 is 5.73 Å². The maximum atomic E-state index is 12.3. The van der Waals surface area contributed by atoms with Gasteiger partial charge in [0.05, 0.1) is 5.25 Å². The van der Waals surface area contributed by atoms with Gasteiger partial charge in [-0.05, 0) is 40.0 Å². The second-order valence-corrected chi connectivity index (χ2v) is 7.86. The lowest BCUT2D eigenvalue weighted by Gasteiger charge is -2.31. The molecular formula is C12H26N2O2S. The Morgan fingerprint density at radius 1 is 1.24 bits per heavy atom. The summed E-state index contributed by atoms with van der Waals surface area (Å²) < 4.78 is 26.3. The van der Waals surface area contributed by atoms with E-state index in [0.717, 1.165) is 32.1 Å². The minimum Gasteiger partial charge on any atom is -0.328 e. The zero-order valence-corrected chi connectivity index (χ0v) is 12.0. The minimum absolute atomic E-state index is 0.0583. The number of nitrogens with zero attached hydrogens (tertiary/aromatic N) is 1. The third-order valence-electron chi connectivity index (χ3n) is 3.39. The molecule has 1 aliphatic heterocycles. The van der Waals surface area contributed by atoms with Gasteiger partial charge < -0.3 is 5.73 Å². The molecule has 1 aliphatic rings. The highest BCUT2D eigenvalue weighted by Crippen LogP contribution is 2.24. The fourth-order valence-electron chi connectivity index (χ4n) is 2.42. The first-order chi connectivity index (χ1) is 7.85. The van der Waals surface area contributed by atoms with E-state index in [-0.39, 0.29) is 17.3 Å². The van der Waals surface area contributed by atoms with Crippen LogP contribution in [0.4, 0.5) is 0 Å². The largest absolute Gasteiger partial charge is 0.328 e. The topological polar surface area (TPSA) is 63.4 Å². The maximum Gasteiger partial charge on any atom is 0.216 e. The first-order valence-corrected chi connectivity index (χ1v) is 8.12. The number of hydrogen-bond donors (Lipinski definition) is 1. The Morgan fingerprint density at radius 3 is 2.41 bits per heavy atom. The molecule has 1 rings (SSSR count). The van der Waals surface area contributed by atoms with Crippen molar-refractivity contribution >= 4 is 10.0 Å². The fourth-order valence-corrected chi connectivity index (χ4v) is 3.95. The predicted molar refractivity (Wildman–Crippen MR) is 71.3 cm³/mol. The van der Waals surface area contributed by atoms with Crippen molar-refractivity contribution in [3.05, 3.63) is 0 Å². The fraction of sp³-hybridized carbons (Fsp3) is 1.00. The van der Waals surface area contributed by atoms with Crippen molar-refractivity contribution in [1.29, 1.82) is 0 Å². The Hall–Kier alpha value is -0.130. The van der Waals surface area contributed by atoms with E-state index in [2.05, 4.69) is 0 Å². The highest BCUT2D eigenvalue weighted by molar-refractivity contribution is 7.89. The van der Waals surface area contributed by atoms with Crippen molar-refractivity contribution in [2.45, 2.75) is 70.2 Å². The number of rotatable bonds is 4. The van der Waals surface area contributed by atoms with Crippen LogP contribution in [0.15, 0.2) is 0 Å². The average Bonchev–Trinajstić information content (AvgIpc) is 2.42. The smallest absolute Gasteiger partial charge is 0.216 e. The van der Waals surface area contributed by atoms with Crippen LogP contribution in [0.25, 0.3) is 0 Å². The molecule has 2 N–H and O–H groups in total. The van der Waals surface area contributed by atoms with E-state index in [0.29, 0.717) is 6.54 Å². The van der Waals surface area contributed by atoms with Gasteiger partial charge in [-0.25, -0.2) is 8.42 Å². The molecule has 0 amide bonds. The number of sulfonamides is 1. The van der Waals surface area contributed by atoms with Gasteiger partial charge in [0.25, 0.3) is 0 Å². The molecule has 102 valence electrons.